The molecule has 0 unspecified atom stereocenters. The summed E-state index contributed by atoms with van der Waals surface area (Å²) in [5.41, 5.74) is 1.62. The van der Waals surface area contributed by atoms with Gasteiger partial charge in [0.05, 0.1) is 12.2 Å². The van der Waals surface area contributed by atoms with Gasteiger partial charge in [-0.1, -0.05) is 37.3 Å². The van der Waals surface area contributed by atoms with Crippen LogP contribution in [0.4, 0.5) is 14.5 Å². The summed E-state index contributed by atoms with van der Waals surface area (Å²) in [6.45, 7) is 2.38. The molecule has 0 bridgehead atoms. The van der Waals surface area contributed by atoms with E-state index in [4.69, 9.17) is 15.2 Å². The molecule has 3 saturated carbocycles. The Balaban J connectivity index is 1.22. The van der Waals surface area contributed by atoms with E-state index >= 15 is 8.78 Å². The molecular weight excluding hydrogens is 584 g/mol. The zero-order valence-corrected chi connectivity index (χ0v) is 25.1. The molecule has 4 fully saturated rings. The number of ketones is 2. The maximum Gasteiger partial charge on any atom is 0.193 e. The number of fused-ring (bicyclic) bond motifs is 7. The molecule has 1 saturated heterocycles. The Morgan fingerprint density at radius 2 is 1.84 bits per heavy atom. The number of nitrogens with two attached hydrogens (primary N) is 1. The average molecular weight is 622 g/mol. The summed E-state index contributed by atoms with van der Waals surface area (Å²) >= 11 is 0. The smallest absolute Gasteiger partial charge is 0.193 e. The van der Waals surface area contributed by atoms with Gasteiger partial charge < -0.3 is 30.5 Å². The monoisotopic (exact) mass is 621 g/mol. The van der Waals surface area contributed by atoms with E-state index in [0.717, 1.165) is 11.6 Å². The van der Waals surface area contributed by atoms with E-state index in [1.165, 1.54) is 25.1 Å². The Morgan fingerprint density at radius 3 is 2.53 bits per heavy atom. The zero-order chi connectivity index (χ0) is 32.1. The number of allylic oxidation sites excluding steroid dienone is 4. The molecule has 5 N–H and O–H groups in total. The van der Waals surface area contributed by atoms with Crippen molar-refractivity contribution in [2.24, 2.45) is 22.7 Å². The van der Waals surface area contributed by atoms with E-state index in [9.17, 15) is 24.9 Å². The number of aliphatic hydroxyl groups is 2. The number of hydrogen-bond acceptors (Lipinski definition) is 8. The molecule has 238 valence electrons. The number of aromatic hydroxyl groups is 1. The summed E-state index contributed by atoms with van der Waals surface area (Å²) in [4.78, 5) is 25.8. The average Bonchev–Trinajstić information content (AvgIpc) is 3.51. The van der Waals surface area contributed by atoms with Crippen molar-refractivity contribution in [3.8, 4) is 5.75 Å². The van der Waals surface area contributed by atoms with E-state index in [-0.39, 0.29) is 30.6 Å². The maximum atomic E-state index is 17.6. The first-order chi connectivity index (χ1) is 21.3. The van der Waals surface area contributed by atoms with Crippen LogP contribution in [0.5, 0.6) is 5.75 Å². The second kappa shape index (κ2) is 10.0. The number of rotatable bonds is 5. The number of alkyl halides is 2. The van der Waals surface area contributed by atoms with Gasteiger partial charge in [-0.2, -0.15) is 0 Å². The number of nitrogen functional groups attached to an aromatic ring is 1. The molecule has 1 aliphatic heterocycles. The molecule has 5 aliphatic rings. The summed E-state index contributed by atoms with van der Waals surface area (Å²) < 4.78 is 46.2. The molecule has 4 aliphatic carbocycles. The lowest BCUT2D eigenvalue weighted by Crippen LogP contribution is -2.70. The third-order valence-electron chi connectivity index (χ3n) is 11.7. The van der Waals surface area contributed by atoms with Crippen LogP contribution in [-0.4, -0.2) is 63.1 Å². The molecule has 2 aromatic carbocycles. The highest BCUT2D eigenvalue weighted by atomic mass is 19.1. The van der Waals surface area contributed by atoms with Crippen LogP contribution < -0.4 is 5.73 Å². The molecule has 45 heavy (non-hydrogen) atoms. The van der Waals surface area contributed by atoms with Gasteiger partial charge in [0.15, 0.2) is 29.1 Å². The van der Waals surface area contributed by atoms with Gasteiger partial charge in [0.1, 0.15) is 18.5 Å². The van der Waals surface area contributed by atoms with E-state index in [0.29, 0.717) is 23.2 Å². The van der Waals surface area contributed by atoms with Gasteiger partial charge in [-0.15, -0.1) is 0 Å². The minimum atomic E-state index is -2.32. The minimum absolute atomic E-state index is 0.00261. The molecule has 8 nitrogen and oxygen atoms in total. The lowest BCUT2D eigenvalue weighted by atomic mass is 9.44. The maximum absolute atomic E-state index is 17.6. The third-order valence-corrected chi connectivity index (χ3v) is 11.7. The molecule has 2 aromatic rings. The summed E-state index contributed by atoms with van der Waals surface area (Å²) in [6.07, 6.45) is -1.46. The number of hydrogen-bond donors (Lipinski definition) is 4. The van der Waals surface area contributed by atoms with Crippen LogP contribution in [0.25, 0.3) is 0 Å². The minimum Gasteiger partial charge on any atom is -0.508 e. The van der Waals surface area contributed by atoms with Crippen molar-refractivity contribution in [1.29, 1.82) is 0 Å². The fraction of sp³-hybridized carbons (Fsp3) is 0.486. The number of carbonyl (C=O) groups is 2. The third kappa shape index (κ3) is 3.95. The molecule has 7 rings (SSSR count). The van der Waals surface area contributed by atoms with E-state index < -0.39 is 76.8 Å². The Bertz CT molecular complexity index is 1640. The molecular formula is C35H37F2NO7. The molecule has 0 radical (unpaired) electrons. The topological polar surface area (TPSA) is 139 Å². The van der Waals surface area contributed by atoms with Crippen molar-refractivity contribution in [2.75, 3.05) is 12.3 Å². The number of benzene rings is 2. The Morgan fingerprint density at radius 1 is 1.11 bits per heavy atom. The van der Waals surface area contributed by atoms with Gasteiger partial charge >= 0.3 is 0 Å². The van der Waals surface area contributed by atoms with Crippen molar-refractivity contribution in [3.05, 3.63) is 83.0 Å². The fourth-order valence-electron chi connectivity index (χ4n) is 9.45. The van der Waals surface area contributed by atoms with Crippen molar-refractivity contribution in [1.82, 2.24) is 0 Å². The number of phenolic OH excluding ortho intramolecular Hbond substituents is 1. The molecule has 0 spiro atoms. The molecule has 10 atom stereocenters. The molecule has 0 amide bonds. The Kier molecular flexibility index (Phi) is 6.74. The number of anilines is 1. The van der Waals surface area contributed by atoms with E-state index in [1.54, 1.807) is 31.2 Å². The quantitative estimate of drug-likeness (QED) is 0.365. The van der Waals surface area contributed by atoms with Crippen LogP contribution in [-0.2, 0) is 25.5 Å². The van der Waals surface area contributed by atoms with Crippen molar-refractivity contribution in [3.63, 3.8) is 0 Å². The summed E-state index contributed by atoms with van der Waals surface area (Å²) in [7, 11) is 0. The van der Waals surface area contributed by atoms with Gasteiger partial charge in [0.2, 0.25) is 0 Å². The first-order valence-electron chi connectivity index (χ1n) is 15.4. The lowest BCUT2D eigenvalue weighted by molar-refractivity contribution is -0.235. The molecule has 1 heterocycles. The van der Waals surface area contributed by atoms with Gasteiger partial charge in [-0.05, 0) is 79.2 Å². The van der Waals surface area contributed by atoms with Crippen molar-refractivity contribution >= 4 is 17.3 Å². The predicted octanol–water partition coefficient (Wildman–Crippen LogP) is 4.21. The van der Waals surface area contributed by atoms with Crippen molar-refractivity contribution in [2.45, 2.75) is 75.5 Å². The second-order valence-corrected chi connectivity index (χ2v) is 13.8. The summed E-state index contributed by atoms with van der Waals surface area (Å²) in [6, 6.07) is 12.3. The first kappa shape index (κ1) is 30.2. The van der Waals surface area contributed by atoms with E-state index in [2.05, 4.69) is 0 Å². The summed E-state index contributed by atoms with van der Waals surface area (Å²) in [5.74, 6) is -2.77. The highest BCUT2D eigenvalue weighted by Gasteiger charge is 2.80. The molecule has 0 aromatic heterocycles. The SMILES string of the molecule is C[C@]12C=CC(=O)C=C1[C@@H](F)C[C@H]1[C@@H]3C[C@H]4O[C@@H](c5ccc(Cc6ccc(N)cc6)c(O)c5)O[C@@]4(C(=O)CO)[C@@]3(C)C[C@H](O)[C@@]12F. The second-order valence-electron chi connectivity index (χ2n) is 13.8. The highest BCUT2D eigenvalue weighted by molar-refractivity contribution is 6.01. The Hall–Kier alpha value is -3.44. The van der Waals surface area contributed by atoms with Crippen LogP contribution in [0.2, 0.25) is 0 Å². The van der Waals surface area contributed by atoms with Crippen LogP contribution in [0.3, 0.4) is 0 Å². The number of ether oxygens (including phenoxy) is 2. The number of carbonyl (C=O) groups excluding carboxylic acids is 2. The Labute approximate surface area is 259 Å². The standard InChI is InChI=1S/C35H37F2NO7/c1-32-10-9-22(40)13-25(32)26(36)14-24-23-15-30-35(29(43)17-39,33(23,2)16-28(42)34(24,32)37)45-31(44-30)20-6-5-19(27(41)12-20)11-18-3-7-21(38)8-4-18/h3-10,12-13,23-24,26,28,30-31,39,41-42H,11,14-17,38H2,1-2H3/t23-,24-,26-,28-,30+,31+,32-,33-,34-,35+/m0/s1. The van der Waals surface area contributed by atoms with Gasteiger partial charge in [0, 0.05) is 34.4 Å². The summed E-state index contributed by atoms with van der Waals surface area (Å²) in [5, 5.41) is 32.7. The number of phenols is 1. The number of Topliss-reactive ketones (excluding diaryl/α,β-unsaturated/α-hetero) is 1. The van der Waals surface area contributed by atoms with Crippen molar-refractivity contribution < 1.29 is 43.2 Å². The van der Waals surface area contributed by atoms with Gasteiger partial charge in [-0.3, -0.25) is 9.59 Å². The van der Waals surface area contributed by atoms with E-state index in [1.807, 2.05) is 12.1 Å². The lowest BCUT2D eigenvalue weighted by Gasteiger charge is -2.63. The van der Waals surface area contributed by atoms with Crippen LogP contribution >= 0.6 is 0 Å². The van der Waals surface area contributed by atoms with Crippen LogP contribution in [0.1, 0.15) is 56.1 Å². The fourth-order valence-corrected chi connectivity index (χ4v) is 9.45. The van der Waals surface area contributed by atoms with Crippen LogP contribution in [0, 0.1) is 22.7 Å². The number of halogens is 2. The van der Waals surface area contributed by atoms with Crippen LogP contribution in [0.15, 0.2) is 66.3 Å². The van der Waals surface area contributed by atoms with Gasteiger partial charge in [-0.25, -0.2) is 8.78 Å². The normalized spacial score (nSPS) is 41.6. The predicted molar refractivity (Wildman–Crippen MR) is 159 cm³/mol. The molecule has 10 heteroatoms. The van der Waals surface area contributed by atoms with Gasteiger partial charge in [0.25, 0.3) is 0 Å². The number of aliphatic hydroxyl groups excluding tert-OH is 2. The highest BCUT2D eigenvalue weighted by Crippen LogP contribution is 2.72. The first-order valence-corrected chi connectivity index (χ1v) is 15.4. The largest absolute Gasteiger partial charge is 0.508 e. The zero-order valence-electron chi connectivity index (χ0n) is 25.1.